The van der Waals surface area contributed by atoms with Crippen LogP contribution >= 0.6 is 0 Å². The largest absolute Gasteiger partial charge is 0.466 e. The Labute approximate surface area is 413 Å². The van der Waals surface area contributed by atoms with E-state index in [2.05, 4.69) is 13.8 Å². The molecule has 0 bridgehead atoms. The van der Waals surface area contributed by atoms with Gasteiger partial charge in [-0.05, 0) is 12.8 Å². The van der Waals surface area contributed by atoms with E-state index in [0.29, 0.717) is 13.0 Å². The molecule has 2 heteroatoms. The van der Waals surface area contributed by atoms with E-state index in [1.54, 1.807) is 0 Å². The Bertz CT molecular complexity index is 822. The van der Waals surface area contributed by atoms with E-state index < -0.39 is 0 Å². The zero-order valence-corrected chi connectivity index (χ0v) is 45.7. The summed E-state index contributed by atoms with van der Waals surface area (Å²) in [5, 5.41) is 0. The molecule has 0 atom stereocenters. The van der Waals surface area contributed by atoms with Crippen molar-refractivity contribution in [1.82, 2.24) is 0 Å². The number of hydrogen-bond donors (Lipinski definition) is 0. The summed E-state index contributed by atoms with van der Waals surface area (Å²) in [5.41, 5.74) is 0. The third kappa shape index (κ3) is 61.5. The Morgan fingerprint density at radius 3 is 0.508 bits per heavy atom. The van der Waals surface area contributed by atoms with E-state index >= 15 is 0 Å². The fourth-order valence-corrected chi connectivity index (χ4v) is 10.3. The Kier molecular flexibility index (Phi) is 61.0. The third-order valence-corrected chi connectivity index (χ3v) is 15.0. The van der Waals surface area contributed by atoms with Gasteiger partial charge in [0.2, 0.25) is 0 Å². The van der Waals surface area contributed by atoms with Crippen LogP contribution in [-0.4, -0.2) is 12.6 Å². The van der Waals surface area contributed by atoms with Gasteiger partial charge >= 0.3 is 5.97 Å². The lowest BCUT2D eigenvalue weighted by Crippen LogP contribution is -2.05. The van der Waals surface area contributed by atoms with Crippen molar-refractivity contribution in [2.75, 3.05) is 6.61 Å². The lowest BCUT2D eigenvalue weighted by molar-refractivity contribution is -0.143. The molecule has 0 aliphatic carbocycles. The van der Waals surface area contributed by atoms with Gasteiger partial charge in [-0.2, -0.15) is 0 Å². The fourth-order valence-electron chi connectivity index (χ4n) is 10.3. The maximum Gasteiger partial charge on any atom is 0.305 e. The van der Waals surface area contributed by atoms with Crippen molar-refractivity contribution in [3.05, 3.63) is 0 Å². The summed E-state index contributed by atoms with van der Waals surface area (Å²) in [4.78, 5) is 12.1. The van der Waals surface area contributed by atoms with Crippen molar-refractivity contribution >= 4 is 5.97 Å². The normalized spacial score (nSPS) is 11.6. The summed E-state index contributed by atoms with van der Waals surface area (Å²) in [6, 6.07) is 0. The molecule has 0 unspecified atom stereocenters. The number of carbonyl (C=O) groups excluding carboxylic acids is 1. The van der Waals surface area contributed by atoms with Crippen molar-refractivity contribution in [1.29, 1.82) is 0 Å². The fraction of sp³-hybridized carbons (Fsp3) is 0.984. The van der Waals surface area contributed by atoms with Crippen LogP contribution in [-0.2, 0) is 9.53 Å². The maximum atomic E-state index is 12.1. The molecule has 0 heterocycles. The predicted octanol–water partition coefficient (Wildman–Crippen LogP) is 23.6. The van der Waals surface area contributed by atoms with Crippen molar-refractivity contribution in [3.8, 4) is 0 Å². The summed E-state index contributed by atoms with van der Waals surface area (Å²) in [7, 11) is 0. The topological polar surface area (TPSA) is 26.3 Å². The lowest BCUT2D eigenvalue weighted by Gasteiger charge is -2.06. The predicted molar refractivity (Wildman–Crippen MR) is 295 cm³/mol. The number of esters is 1. The average molecular weight is 916 g/mol. The molecule has 0 rings (SSSR count). The van der Waals surface area contributed by atoms with Crippen molar-refractivity contribution in [2.45, 2.75) is 393 Å². The van der Waals surface area contributed by atoms with Crippen LogP contribution in [0.2, 0.25) is 0 Å². The second kappa shape index (κ2) is 61.5. The van der Waals surface area contributed by atoms with Crippen LogP contribution in [0.1, 0.15) is 393 Å². The summed E-state index contributed by atoms with van der Waals surface area (Å²) in [6.07, 6.45) is 83.2. The number of unbranched alkanes of at least 4 members (excludes halogenated alkanes) is 56. The molecule has 0 aromatic carbocycles. The first-order chi connectivity index (χ1) is 32.3. The first-order valence-corrected chi connectivity index (χ1v) is 31.5. The minimum atomic E-state index is 0.0367. The minimum Gasteiger partial charge on any atom is -0.466 e. The van der Waals surface area contributed by atoms with Gasteiger partial charge < -0.3 is 4.74 Å². The van der Waals surface area contributed by atoms with Crippen molar-refractivity contribution in [3.63, 3.8) is 0 Å². The number of hydrogen-bond acceptors (Lipinski definition) is 2. The molecule has 0 aliphatic heterocycles. The lowest BCUT2D eigenvalue weighted by atomic mass is 10.0. The Hall–Kier alpha value is -0.530. The van der Waals surface area contributed by atoms with Gasteiger partial charge in [-0.1, -0.05) is 373 Å². The maximum absolute atomic E-state index is 12.1. The Morgan fingerprint density at radius 1 is 0.200 bits per heavy atom. The highest BCUT2D eigenvalue weighted by Crippen LogP contribution is 2.19. The van der Waals surface area contributed by atoms with Gasteiger partial charge in [0.15, 0.2) is 0 Å². The second-order valence-electron chi connectivity index (χ2n) is 21.8. The molecular weight excluding hydrogens is 789 g/mol. The first kappa shape index (κ1) is 64.5. The van der Waals surface area contributed by atoms with Crippen LogP contribution in [0, 0.1) is 0 Å². The molecule has 65 heavy (non-hydrogen) atoms. The Morgan fingerprint density at radius 2 is 0.338 bits per heavy atom. The van der Waals surface area contributed by atoms with Gasteiger partial charge in [-0.15, -0.1) is 0 Å². The first-order valence-electron chi connectivity index (χ1n) is 31.5. The van der Waals surface area contributed by atoms with E-state index in [9.17, 15) is 4.79 Å². The molecule has 0 aromatic rings. The van der Waals surface area contributed by atoms with Crippen LogP contribution in [0.5, 0.6) is 0 Å². The van der Waals surface area contributed by atoms with E-state index in [1.807, 2.05) is 0 Å². The highest BCUT2D eigenvalue weighted by Gasteiger charge is 2.04. The standard InChI is InChI=1S/C63H126O2/c1-3-5-7-9-11-13-15-17-19-21-23-25-27-28-29-30-31-32-33-34-35-36-37-38-39-40-41-43-45-47-49-51-53-55-57-59-61-63(64)65-62-60-58-56-54-52-50-48-46-44-42-26-24-22-20-18-16-14-12-10-8-6-4-2/h3-62H2,1-2H3. The van der Waals surface area contributed by atoms with E-state index in [4.69, 9.17) is 4.74 Å². The summed E-state index contributed by atoms with van der Waals surface area (Å²) in [6.45, 7) is 5.25. The molecule has 0 fully saturated rings. The molecule has 0 spiro atoms. The van der Waals surface area contributed by atoms with Gasteiger partial charge in [-0.25, -0.2) is 0 Å². The molecule has 0 saturated carbocycles. The highest BCUT2D eigenvalue weighted by molar-refractivity contribution is 5.69. The molecule has 0 amide bonds. The van der Waals surface area contributed by atoms with Crippen LogP contribution < -0.4 is 0 Å². The van der Waals surface area contributed by atoms with E-state index in [1.165, 1.54) is 360 Å². The van der Waals surface area contributed by atoms with E-state index in [0.717, 1.165) is 12.8 Å². The van der Waals surface area contributed by atoms with E-state index in [-0.39, 0.29) is 5.97 Å². The Balaban J connectivity index is 3.14. The van der Waals surface area contributed by atoms with Gasteiger partial charge in [0.1, 0.15) is 0 Å². The molecule has 0 aromatic heterocycles. The van der Waals surface area contributed by atoms with Crippen LogP contribution in [0.4, 0.5) is 0 Å². The zero-order valence-electron chi connectivity index (χ0n) is 45.7. The molecule has 390 valence electrons. The molecule has 0 saturated heterocycles. The summed E-state index contributed by atoms with van der Waals surface area (Å²) in [5.74, 6) is 0.0367. The number of rotatable bonds is 60. The van der Waals surface area contributed by atoms with Crippen LogP contribution in [0.25, 0.3) is 0 Å². The summed E-state index contributed by atoms with van der Waals surface area (Å²) < 4.78 is 5.52. The van der Waals surface area contributed by atoms with Crippen molar-refractivity contribution in [2.24, 2.45) is 0 Å². The molecule has 2 nitrogen and oxygen atoms in total. The summed E-state index contributed by atoms with van der Waals surface area (Å²) >= 11 is 0. The third-order valence-electron chi connectivity index (χ3n) is 15.0. The SMILES string of the molecule is CCCCCCCCCCCCCCCCCCCCCCCCCCCCCCCCCCCCCCC(=O)OCCCCCCCCCCCCCCCCCCCCCCCC. The monoisotopic (exact) mass is 915 g/mol. The number of carbonyl (C=O) groups is 1. The van der Waals surface area contributed by atoms with Gasteiger partial charge in [-0.3, -0.25) is 4.79 Å². The van der Waals surface area contributed by atoms with Crippen LogP contribution in [0.3, 0.4) is 0 Å². The molecular formula is C63H126O2. The quantitative estimate of drug-likeness (QED) is 0.0449. The highest BCUT2D eigenvalue weighted by atomic mass is 16.5. The minimum absolute atomic E-state index is 0.0367. The molecule has 0 radical (unpaired) electrons. The van der Waals surface area contributed by atoms with Crippen molar-refractivity contribution < 1.29 is 9.53 Å². The number of ether oxygens (including phenoxy) is 1. The average Bonchev–Trinajstić information content (AvgIpc) is 3.31. The molecule has 0 N–H and O–H groups in total. The molecule has 0 aliphatic rings. The zero-order chi connectivity index (χ0) is 46.7. The van der Waals surface area contributed by atoms with Gasteiger partial charge in [0.05, 0.1) is 6.61 Å². The second-order valence-corrected chi connectivity index (χ2v) is 21.8. The van der Waals surface area contributed by atoms with Crippen LogP contribution in [0.15, 0.2) is 0 Å². The smallest absolute Gasteiger partial charge is 0.305 e. The van der Waals surface area contributed by atoms with Gasteiger partial charge in [0, 0.05) is 6.42 Å². The van der Waals surface area contributed by atoms with Gasteiger partial charge in [0.25, 0.3) is 0 Å².